The van der Waals surface area contributed by atoms with Crippen LogP contribution in [0.1, 0.15) is 13.8 Å². The number of nitrogens with zero attached hydrogens (tertiary/aromatic N) is 1. The number of anilines is 1. The van der Waals surface area contributed by atoms with Gasteiger partial charge in [0.25, 0.3) is 0 Å². The number of nitrogens with one attached hydrogen (secondary N) is 2. The molecule has 0 aliphatic carbocycles. The Morgan fingerprint density at radius 3 is 2.70 bits per heavy atom. The van der Waals surface area contributed by atoms with Crippen molar-refractivity contribution in [2.45, 2.75) is 24.3 Å². The van der Waals surface area contributed by atoms with Gasteiger partial charge in [0.1, 0.15) is 0 Å². The van der Waals surface area contributed by atoms with Crippen LogP contribution in [0.15, 0.2) is 29.2 Å². The second-order valence-electron chi connectivity index (χ2n) is 5.48. The topological polar surface area (TPSA) is 44.4 Å². The maximum atomic E-state index is 12.6. The van der Waals surface area contributed by atoms with Crippen molar-refractivity contribution in [3.8, 4) is 0 Å². The number of carbonyl (C=O) groups is 1. The van der Waals surface area contributed by atoms with Crippen molar-refractivity contribution >= 4 is 23.4 Å². The number of benzene rings is 1. The third-order valence-electron chi connectivity index (χ3n) is 3.79. The van der Waals surface area contributed by atoms with Gasteiger partial charge in [-0.05, 0) is 38.3 Å². The van der Waals surface area contributed by atoms with E-state index in [1.807, 2.05) is 44.4 Å². The Balaban J connectivity index is 2.05. The van der Waals surface area contributed by atoms with E-state index >= 15 is 0 Å². The Morgan fingerprint density at radius 1 is 1.35 bits per heavy atom. The number of amides is 1. The molecule has 0 unspecified atom stereocenters. The molecule has 0 bridgehead atoms. The average molecular weight is 293 g/mol. The van der Waals surface area contributed by atoms with Crippen LogP contribution in [0.25, 0.3) is 0 Å². The molecular weight excluding hydrogens is 270 g/mol. The van der Waals surface area contributed by atoms with Gasteiger partial charge in [-0.2, -0.15) is 0 Å². The van der Waals surface area contributed by atoms with E-state index in [0.29, 0.717) is 0 Å². The molecule has 110 valence electrons. The second-order valence-corrected chi connectivity index (χ2v) is 6.36. The minimum atomic E-state index is -0.489. The molecule has 0 aromatic heterocycles. The SMILES string of the molecule is CSc1cccc(NC(=O)C(C)(C)N2CCNCC2)c1. The lowest BCUT2D eigenvalue weighted by molar-refractivity contribution is -0.126. The predicted molar refractivity (Wildman–Crippen MR) is 85.4 cm³/mol. The van der Waals surface area contributed by atoms with Gasteiger partial charge in [-0.25, -0.2) is 0 Å². The molecule has 0 saturated carbocycles. The number of thioether (sulfide) groups is 1. The zero-order valence-corrected chi connectivity index (χ0v) is 13.2. The lowest BCUT2D eigenvalue weighted by Gasteiger charge is -2.39. The van der Waals surface area contributed by atoms with Gasteiger partial charge in [0.15, 0.2) is 0 Å². The van der Waals surface area contributed by atoms with Gasteiger partial charge in [-0.3, -0.25) is 9.69 Å². The van der Waals surface area contributed by atoms with Crippen molar-refractivity contribution in [2.24, 2.45) is 0 Å². The van der Waals surface area contributed by atoms with Gasteiger partial charge in [0.05, 0.1) is 5.54 Å². The van der Waals surface area contributed by atoms with E-state index in [1.165, 1.54) is 0 Å². The number of carbonyl (C=O) groups excluding carboxylic acids is 1. The first kappa shape index (κ1) is 15.4. The Kier molecular flexibility index (Phi) is 5.07. The summed E-state index contributed by atoms with van der Waals surface area (Å²) in [4.78, 5) is 15.9. The minimum Gasteiger partial charge on any atom is -0.324 e. The Bertz CT molecular complexity index is 470. The summed E-state index contributed by atoms with van der Waals surface area (Å²) in [5, 5.41) is 6.35. The van der Waals surface area contributed by atoms with Gasteiger partial charge in [-0.15, -0.1) is 11.8 Å². The summed E-state index contributed by atoms with van der Waals surface area (Å²) in [5.74, 6) is 0.0534. The zero-order chi connectivity index (χ0) is 14.6. The van der Waals surface area contributed by atoms with Crippen molar-refractivity contribution < 1.29 is 4.79 Å². The standard InChI is InChI=1S/C15H23N3OS/c1-15(2,18-9-7-16-8-10-18)14(19)17-12-5-4-6-13(11-12)20-3/h4-6,11,16H,7-10H2,1-3H3,(H,17,19). The van der Waals surface area contributed by atoms with Gasteiger partial charge in [-0.1, -0.05) is 6.07 Å². The zero-order valence-electron chi connectivity index (χ0n) is 12.4. The summed E-state index contributed by atoms with van der Waals surface area (Å²) in [5.41, 5.74) is 0.377. The fraction of sp³-hybridized carbons (Fsp3) is 0.533. The first-order valence-electron chi connectivity index (χ1n) is 6.95. The molecule has 0 spiro atoms. The average Bonchev–Trinajstić information content (AvgIpc) is 2.48. The van der Waals surface area contributed by atoms with Crippen molar-refractivity contribution in [3.63, 3.8) is 0 Å². The van der Waals surface area contributed by atoms with Crippen LogP contribution in [-0.2, 0) is 4.79 Å². The predicted octanol–water partition coefficient (Wildman–Crippen LogP) is 2.03. The highest BCUT2D eigenvalue weighted by Gasteiger charge is 2.35. The molecule has 20 heavy (non-hydrogen) atoms. The fourth-order valence-corrected chi connectivity index (χ4v) is 2.81. The van der Waals surface area contributed by atoms with Crippen molar-refractivity contribution in [1.29, 1.82) is 0 Å². The van der Waals surface area contributed by atoms with Crippen LogP contribution in [0, 0.1) is 0 Å². The van der Waals surface area contributed by atoms with E-state index < -0.39 is 5.54 Å². The summed E-state index contributed by atoms with van der Waals surface area (Å²) in [6, 6.07) is 7.96. The summed E-state index contributed by atoms with van der Waals surface area (Å²) in [7, 11) is 0. The summed E-state index contributed by atoms with van der Waals surface area (Å²) in [6.07, 6.45) is 2.03. The molecule has 4 nitrogen and oxygen atoms in total. The van der Waals surface area contributed by atoms with E-state index in [0.717, 1.165) is 36.8 Å². The third-order valence-corrected chi connectivity index (χ3v) is 4.52. The molecule has 1 aromatic carbocycles. The number of piperazine rings is 1. The van der Waals surface area contributed by atoms with E-state index in [2.05, 4.69) is 15.5 Å². The maximum Gasteiger partial charge on any atom is 0.244 e. The third kappa shape index (κ3) is 3.53. The van der Waals surface area contributed by atoms with Crippen LogP contribution in [0.3, 0.4) is 0 Å². The molecule has 1 fully saturated rings. The summed E-state index contributed by atoms with van der Waals surface area (Å²) in [6.45, 7) is 7.69. The van der Waals surface area contributed by atoms with Crippen LogP contribution in [0.2, 0.25) is 0 Å². The summed E-state index contributed by atoms with van der Waals surface area (Å²) >= 11 is 1.68. The van der Waals surface area contributed by atoms with Gasteiger partial charge in [0, 0.05) is 36.8 Å². The van der Waals surface area contributed by atoms with E-state index in [9.17, 15) is 4.79 Å². The first-order chi connectivity index (χ1) is 9.54. The molecule has 1 heterocycles. The highest BCUT2D eigenvalue weighted by molar-refractivity contribution is 7.98. The number of rotatable bonds is 4. The minimum absolute atomic E-state index is 0.0534. The number of hydrogen-bond donors (Lipinski definition) is 2. The molecule has 0 radical (unpaired) electrons. The molecule has 2 rings (SSSR count). The van der Waals surface area contributed by atoms with Crippen molar-refractivity contribution in [3.05, 3.63) is 24.3 Å². The lowest BCUT2D eigenvalue weighted by Crippen LogP contribution is -2.58. The molecule has 2 N–H and O–H groups in total. The fourth-order valence-electron chi connectivity index (χ4n) is 2.35. The Labute approximate surface area is 125 Å². The van der Waals surface area contributed by atoms with Crippen molar-refractivity contribution in [2.75, 3.05) is 37.8 Å². The molecule has 5 heteroatoms. The number of hydrogen-bond acceptors (Lipinski definition) is 4. The van der Waals surface area contributed by atoms with Crippen LogP contribution in [-0.4, -0.2) is 48.8 Å². The van der Waals surface area contributed by atoms with E-state index in [1.54, 1.807) is 11.8 Å². The van der Waals surface area contributed by atoms with Gasteiger partial charge in [0.2, 0.25) is 5.91 Å². The largest absolute Gasteiger partial charge is 0.324 e. The Hall–Kier alpha value is -1.04. The van der Waals surface area contributed by atoms with Gasteiger partial charge < -0.3 is 10.6 Å². The van der Waals surface area contributed by atoms with Crippen LogP contribution < -0.4 is 10.6 Å². The Morgan fingerprint density at radius 2 is 2.05 bits per heavy atom. The smallest absolute Gasteiger partial charge is 0.244 e. The lowest BCUT2D eigenvalue weighted by atomic mass is 10.0. The maximum absolute atomic E-state index is 12.6. The molecule has 1 aliphatic heterocycles. The quantitative estimate of drug-likeness (QED) is 0.834. The first-order valence-corrected chi connectivity index (χ1v) is 8.18. The van der Waals surface area contributed by atoms with Gasteiger partial charge >= 0.3 is 0 Å². The van der Waals surface area contributed by atoms with Crippen LogP contribution in [0.4, 0.5) is 5.69 Å². The monoisotopic (exact) mass is 293 g/mol. The molecule has 0 atom stereocenters. The normalized spacial score (nSPS) is 16.9. The molecule has 1 aromatic rings. The van der Waals surface area contributed by atoms with Crippen LogP contribution in [0.5, 0.6) is 0 Å². The summed E-state index contributed by atoms with van der Waals surface area (Å²) < 4.78 is 0. The van der Waals surface area contributed by atoms with Crippen molar-refractivity contribution in [1.82, 2.24) is 10.2 Å². The van der Waals surface area contributed by atoms with E-state index in [-0.39, 0.29) is 5.91 Å². The second kappa shape index (κ2) is 6.61. The molecule has 1 saturated heterocycles. The highest BCUT2D eigenvalue weighted by Crippen LogP contribution is 2.22. The molecule has 1 amide bonds. The van der Waals surface area contributed by atoms with E-state index in [4.69, 9.17) is 0 Å². The molecular formula is C15H23N3OS. The highest BCUT2D eigenvalue weighted by atomic mass is 32.2. The van der Waals surface area contributed by atoms with Crippen LogP contribution >= 0.6 is 11.8 Å². The molecule has 1 aliphatic rings.